The van der Waals surface area contributed by atoms with E-state index in [0.717, 1.165) is 45.1 Å². The van der Waals surface area contributed by atoms with Gasteiger partial charge in [-0.15, -0.1) is 0 Å². The van der Waals surface area contributed by atoms with Gasteiger partial charge < -0.3 is 9.84 Å². The number of hydrogen-bond donors (Lipinski definition) is 1. The summed E-state index contributed by atoms with van der Waals surface area (Å²) in [6, 6.07) is 1.94. The SMILES string of the molecule is Cc1noc(C)c1-c1cnc2nc(N(C#N)C(=O)[C@H]3CCNC3)sc2c1. The molecule has 1 amide bonds. The van der Waals surface area contributed by atoms with Crippen LogP contribution in [-0.4, -0.2) is 34.1 Å². The number of nitrogens with one attached hydrogen (secondary N) is 1. The predicted molar refractivity (Wildman–Crippen MR) is 96.5 cm³/mol. The van der Waals surface area contributed by atoms with E-state index in [1.807, 2.05) is 26.1 Å². The van der Waals surface area contributed by atoms with E-state index >= 15 is 0 Å². The van der Waals surface area contributed by atoms with Gasteiger partial charge >= 0.3 is 0 Å². The highest BCUT2D eigenvalue weighted by atomic mass is 32.1. The minimum atomic E-state index is -0.220. The molecule has 3 aromatic heterocycles. The van der Waals surface area contributed by atoms with Gasteiger partial charge in [-0.3, -0.25) is 4.79 Å². The van der Waals surface area contributed by atoms with Crippen molar-refractivity contribution in [1.82, 2.24) is 20.4 Å². The number of carbonyl (C=O) groups is 1. The van der Waals surface area contributed by atoms with Crippen LogP contribution in [0.3, 0.4) is 0 Å². The van der Waals surface area contributed by atoms with Gasteiger partial charge in [-0.25, -0.2) is 4.98 Å². The quantitative estimate of drug-likeness (QED) is 0.558. The lowest BCUT2D eigenvalue weighted by Crippen LogP contribution is -2.33. The van der Waals surface area contributed by atoms with Gasteiger partial charge in [0.2, 0.25) is 11.0 Å². The molecule has 4 heterocycles. The molecule has 0 radical (unpaired) electrons. The lowest BCUT2D eigenvalue weighted by Gasteiger charge is -2.13. The van der Waals surface area contributed by atoms with Crippen LogP contribution in [-0.2, 0) is 4.79 Å². The summed E-state index contributed by atoms with van der Waals surface area (Å²) in [6.07, 6.45) is 4.41. The van der Waals surface area contributed by atoms with Crippen LogP contribution >= 0.6 is 11.3 Å². The average molecular weight is 368 g/mol. The zero-order valence-electron chi connectivity index (χ0n) is 14.3. The number of carbonyl (C=O) groups excluding carboxylic acids is 1. The fourth-order valence-corrected chi connectivity index (χ4v) is 4.10. The molecule has 9 heteroatoms. The predicted octanol–water partition coefficient (Wildman–Crippen LogP) is 2.39. The summed E-state index contributed by atoms with van der Waals surface area (Å²) in [4.78, 5) is 22.4. The molecule has 0 aromatic carbocycles. The van der Waals surface area contributed by atoms with Crippen LogP contribution < -0.4 is 10.2 Å². The van der Waals surface area contributed by atoms with Crippen LogP contribution in [0.5, 0.6) is 0 Å². The maximum atomic E-state index is 12.6. The summed E-state index contributed by atoms with van der Waals surface area (Å²) in [5.74, 6) is 0.311. The average Bonchev–Trinajstić information content (AvgIpc) is 3.35. The highest BCUT2D eigenvalue weighted by Gasteiger charge is 2.30. The molecule has 1 atom stereocenters. The molecule has 8 nitrogen and oxygen atoms in total. The molecule has 0 aliphatic carbocycles. The van der Waals surface area contributed by atoms with Gasteiger partial charge in [0.1, 0.15) is 5.76 Å². The van der Waals surface area contributed by atoms with Crippen molar-refractivity contribution in [3.8, 4) is 17.3 Å². The topological polar surface area (TPSA) is 108 Å². The first-order chi connectivity index (χ1) is 12.6. The minimum Gasteiger partial charge on any atom is -0.361 e. The molecule has 0 unspecified atom stereocenters. The summed E-state index contributed by atoms with van der Waals surface area (Å²) < 4.78 is 6.02. The molecule has 1 N–H and O–H groups in total. The Balaban J connectivity index is 1.71. The van der Waals surface area contributed by atoms with Crippen LogP contribution in [0.1, 0.15) is 17.9 Å². The van der Waals surface area contributed by atoms with E-state index in [1.54, 1.807) is 6.20 Å². The van der Waals surface area contributed by atoms with Crippen molar-refractivity contribution in [1.29, 1.82) is 5.26 Å². The Hall–Kier alpha value is -2.83. The lowest BCUT2D eigenvalue weighted by atomic mass is 10.1. The summed E-state index contributed by atoms with van der Waals surface area (Å²) in [7, 11) is 0. The van der Waals surface area contributed by atoms with Crippen molar-refractivity contribution in [2.24, 2.45) is 5.92 Å². The minimum absolute atomic E-state index is 0.188. The first-order valence-corrected chi connectivity index (χ1v) is 9.04. The van der Waals surface area contributed by atoms with Crippen LogP contribution in [0.25, 0.3) is 21.5 Å². The third-order valence-electron chi connectivity index (χ3n) is 4.48. The van der Waals surface area contributed by atoms with Gasteiger partial charge in [0.25, 0.3) is 0 Å². The zero-order chi connectivity index (χ0) is 18.3. The van der Waals surface area contributed by atoms with Crippen molar-refractivity contribution >= 4 is 32.7 Å². The highest BCUT2D eigenvalue weighted by Crippen LogP contribution is 2.33. The molecule has 1 aliphatic heterocycles. The third-order valence-corrected chi connectivity index (χ3v) is 5.46. The standard InChI is InChI=1S/C17H16N6O2S/c1-9-14(10(2)25-22-9)12-5-13-15(20-7-12)21-17(26-13)23(8-18)16(24)11-3-4-19-6-11/h5,7,11,19H,3-4,6H2,1-2H3/t11-/m0/s1. The Bertz CT molecular complexity index is 1010. The molecule has 0 bridgehead atoms. The second kappa shape index (κ2) is 6.48. The Morgan fingerprint density at radius 1 is 1.50 bits per heavy atom. The van der Waals surface area contributed by atoms with Crippen LogP contribution in [0.15, 0.2) is 16.8 Å². The van der Waals surface area contributed by atoms with E-state index in [4.69, 9.17) is 4.52 Å². The molecule has 4 rings (SSSR count). The number of hydrogen-bond acceptors (Lipinski definition) is 8. The van der Waals surface area contributed by atoms with Gasteiger partial charge in [0.15, 0.2) is 11.8 Å². The number of amides is 1. The van der Waals surface area contributed by atoms with Gasteiger partial charge in [-0.05, 0) is 32.9 Å². The molecule has 26 heavy (non-hydrogen) atoms. The molecule has 3 aromatic rings. The van der Waals surface area contributed by atoms with Crippen LogP contribution in [0, 0.1) is 31.2 Å². The number of anilines is 1. The highest BCUT2D eigenvalue weighted by molar-refractivity contribution is 7.22. The maximum Gasteiger partial charge on any atom is 0.246 e. The Kier molecular flexibility index (Phi) is 4.14. The Morgan fingerprint density at radius 2 is 2.35 bits per heavy atom. The normalized spacial score (nSPS) is 16.7. The summed E-state index contributed by atoms with van der Waals surface area (Å²) in [5, 5.41) is 16.9. The van der Waals surface area contributed by atoms with Gasteiger partial charge in [0.05, 0.1) is 16.3 Å². The van der Waals surface area contributed by atoms with Crippen LogP contribution in [0.4, 0.5) is 5.13 Å². The maximum absolute atomic E-state index is 12.6. The number of nitrogens with zero attached hydrogens (tertiary/aromatic N) is 5. The molecule has 0 saturated carbocycles. The van der Waals surface area contributed by atoms with Gasteiger partial charge in [0, 0.05) is 23.9 Å². The number of rotatable bonds is 3. The number of nitriles is 1. The molecular weight excluding hydrogens is 352 g/mol. The van der Waals surface area contributed by atoms with E-state index in [9.17, 15) is 10.1 Å². The van der Waals surface area contributed by atoms with Crippen molar-refractivity contribution in [3.63, 3.8) is 0 Å². The van der Waals surface area contributed by atoms with Crippen molar-refractivity contribution in [2.75, 3.05) is 18.0 Å². The van der Waals surface area contributed by atoms with Crippen LogP contribution in [0.2, 0.25) is 0 Å². The molecule has 132 valence electrons. The van der Waals surface area contributed by atoms with Crippen molar-refractivity contribution < 1.29 is 9.32 Å². The van der Waals surface area contributed by atoms with Gasteiger partial charge in [-0.1, -0.05) is 16.5 Å². The number of pyridine rings is 1. The number of thiazole rings is 1. The molecule has 0 spiro atoms. The molecule has 1 aliphatic rings. The van der Waals surface area contributed by atoms with Crippen molar-refractivity contribution in [3.05, 3.63) is 23.7 Å². The summed E-state index contributed by atoms with van der Waals surface area (Å²) in [5.41, 5.74) is 3.08. The Morgan fingerprint density at radius 3 is 3.00 bits per heavy atom. The summed E-state index contributed by atoms with van der Waals surface area (Å²) in [6.45, 7) is 5.11. The monoisotopic (exact) mass is 368 g/mol. The molecular formula is C17H16N6O2S. The number of fused-ring (bicyclic) bond motifs is 1. The Labute approximate surface area is 153 Å². The first kappa shape index (κ1) is 16.6. The van der Waals surface area contributed by atoms with Gasteiger partial charge in [-0.2, -0.15) is 15.1 Å². The largest absolute Gasteiger partial charge is 0.361 e. The lowest BCUT2D eigenvalue weighted by molar-refractivity contribution is -0.121. The zero-order valence-corrected chi connectivity index (χ0v) is 15.1. The third kappa shape index (κ3) is 2.73. The fraction of sp³-hybridized carbons (Fsp3) is 0.353. The van der Waals surface area contributed by atoms with E-state index in [0.29, 0.717) is 17.3 Å². The smallest absolute Gasteiger partial charge is 0.246 e. The number of aromatic nitrogens is 3. The molecule has 1 fully saturated rings. The van der Waals surface area contributed by atoms with E-state index in [1.165, 1.54) is 11.3 Å². The first-order valence-electron chi connectivity index (χ1n) is 8.22. The number of aryl methyl sites for hydroxylation is 2. The van der Waals surface area contributed by atoms with E-state index < -0.39 is 0 Å². The summed E-state index contributed by atoms with van der Waals surface area (Å²) >= 11 is 1.28. The molecule has 1 saturated heterocycles. The van der Waals surface area contributed by atoms with Crippen molar-refractivity contribution in [2.45, 2.75) is 20.3 Å². The second-order valence-electron chi connectivity index (χ2n) is 6.20. The second-order valence-corrected chi connectivity index (χ2v) is 7.21. The van der Waals surface area contributed by atoms with E-state index in [2.05, 4.69) is 20.4 Å². The van der Waals surface area contributed by atoms with E-state index in [-0.39, 0.29) is 11.8 Å². The fourth-order valence-electron chi connectivity index (χ4n) is 3.17.